The highest BCUT2D eigenvalue weighted by atomic mass is 35.5. The van der Waals surface area contributed by atoms with Gasteiger partial charge in [0.2, 0.25) is 0 Å². The Morgan fingerprint density at radius 3 is 2.92 bits per heavy atom. The zero-order chi connectivity index (χ0) is 18.4. The van der Waals surface area contributed by atoms with Crippen molar-refractivity contribution in [3.63, 3.8) is 0 Å². The third-order valence-corrected chi connectivity index (χ3v) is 4.47. The molecule has 0 bridgehead atoms. The minimum Gasteiger partial charge on any atom is -0.495 e. The number of morpholine rings is 1. The van der Waals surface area contributed by atoms with Gasteiger partial charge in [0.15, 0.2) is 0 Å². The van der Waals surface area contributed by atoms with Crippen LogP contribution in [0.4, 0.5) is 10.5 Å². The Hall–Kier alpha value is -1.50. The Bertz CT molecular complexity index is 595. The summed E-state index contributed by atoms with van der Waals surface area (Å²) in [5.74, 6) is 1.15. The topological polar surface area (TPSA) is 62.8 Å². The van der Waals surface area contributed by atoms with Crippen LogP contribution in [0.3, 0.4) is 0 Å². The van der Waals surface area contributed by atoms with E-state index in [1.165, 1.54) is 0 Å². The maximum absolute atomic E-state index is 12.2. The molecule has 1 aliphatic rings. The van der Waals surface area contributed by atoms with Crippen LogP contribution in [0.5, 0.6) is 5.75 Å². The number of hydrogen-bond acceptors (Lipinski definition) is 4. The van der Waals surface area contributed by atoms with Gasteiger partial charge in [-0.2, -0.15) is 0 Å². The Balaban J connectivity index is 1.85. The first-order chi connectivity index (χ1) is 11.9. The van der Waals surface area contributed by atoms with E-state index in [0.717, 1.165) is 25.2 Å². The summed E-state index contributed by atoms with van der Waals surface area (Å²) in [7, 11) is 1.54. The summed E-state index contributed by atoms with van der Waals surface area (Å²) < 4.78 is 11.0. The largest absolute Gasteiger partial charge is 0.495 e. The minimum absolute atomic E-state index is 0.00657. The molecule has 0 radical (unpaired) electrons. The fourth-order valence-electron chi connectivity index (χ4n) is 2.89. The van der Waals surface area contributed by atoms with E-state index < -0.39 is 0 Å². The van der Waals surface area contributed by atoms with Gasteiger partial charge in [0.25, 0.3) is 0 Å². The molecule has 1 saturated heterocycles. The van der Waals surface area contributed by atoms with Crippen molar-refractivity contribution in [2.24, 2.45) is 5.92 Å². The minimum atomic E-state index is -0.287. The second-order valence-electron chi connectivity index (χ2n) is 6.78. The monoisotopic (exact) mass is 369 g/mol. The molecular weight excluding hydrogens is 342 g/mol. The van der Waals surface area contributed by atoms with Crippen LogP contribution in [0.1, 0.15) is 19.4 Å². The van der Waals surface area contributed by atoms with Gasteiger partial charge >= 0.3 is 6.03 Å². The highest BCUT2D eigenvalue weighted by Crippen LogP contribution is 2.30. The number of methoxy groups -OCH3 is 1. The Kier molecular flexibility index (Phi) is 7.35. The lowest BCUT2D eigenvalue weighted by Crippen LogP contribution is -2.48. The van der Waals surface area contributed by atoms with Crippen LogP contribution in [0, 0.1) is 12.8 Å². The van der Waals surface area contributed by atoms with E-state index in [0.29, 0.717) is 35.5 Å². The van der Waals surface area contributed by atoms with Gasteiger partial charge in [-0.1, -0.05) is 25.4 Å². The van der Waals surface area contributed by atoms with E-state index in [1.807, 2.05) is 6.92 Å². The van der Waals surface area contributed by atoms with Crippen molar-refractivity contribution in [2.75, 3.05) is 45.2 Å². The number of carbonyl (C=O) groups is 1. The van der Waals surface area contributed by atoms with E-state index >= 15 is 0 Å². The number of carbonyl (C=O) groups excluding carboxylic acids is 1. The Labute approximate surface area is 154 Å². The molecular formula is C18H28ClN3O3. The molecule has 140 valence electrons. The molecule has 1 atom stereocenters. The van der Waals surface area contributed by atoms with E-state index in [2.05, 4.69) is 29.4 Å². The molecule has 0 aliphatic carbocycles. The average molecular weight is 370 g/mol. The fourth-order valence-corrected chi connectivity index (χ4v) is 3.04. The zero-order valence-corrected chi connectivity index (χ0v) is 16.2. The molecule has 1 fully saturated rings. The van der Waals surface area contributed by atoms with Crippen molar-refractivity contribution in [1.82, 2.24) is 10.2 Å². The molecule has 0 saturated carbocycles. The SMILES string of the molecule is COc1cc(Cl)c(C)cc1NC(=O)NCC1CN(CC(C)C)CCO1. The highest BCUT2D eigenvalue weighted by molar-refractivity contribution is 6.31. The molecule has 2 N–H and O–H groups in total. The quantitative estimate of drug-likeness (QED) is 0.808. The number of hydrogen-bond donors (Lipinski definition) is 2. The molecule has 1 aromatic carbocycles. The number of rotatable bonds is 6. The van der Waals surface area contributed by atoms with Crippen molar-refractivity contribution in [3.05, 3.63) is 22.7 Å². The van der Waals surface area contributed by atoms with Crippen LogP contribution in [0.25, 0.3) is 0 Å². The number of nitrogens with zero attached hydrogens (tertiary/aromatic N) is 1. The number of aryl methyl sites for hydroxylation is 1. The summed E-state index contributed by atoms with van der Waals surface area (Å²) in [6, 6.07) is 3.20. The second kappa shape index (κ2) is 9.27. The smallest absolute Gasteiger partial charge is 0.319 e. The van der Waals surface area contributed by atoms with Crippen LogP contribution >= 0.6 is 11.6 Å². The highest BCUT2D eigenvalue weighted by Gasteiger charge is 2.21. The summed E-state index contributed by atoms with van der Waals surface area (Å²) in [5.41, 5.74) is 1.46. The van der Waals surface area contributed by atoms with Crippen molar-refractivity contribution in [1.29, 1.82) is 0 Å². The number of ether oxygens (including phenoxy) is 2. The fraction of sp³-hybridized carbons (Fsp3) is 0.611. The molecule has 1 heterocycles. The summed E-state index contributed by atoms with van der Waals surface area (Å²) in [6.07, 6.45) is 0.00657. The van der Waals surface area contributed by atoms with Crippen LogP contribution in [-0.2, 0) is 4.74 Å². The number of halogens is 1. The first-order valence-electron chi connectivity index (χ1n) is 8.62. The number of nitrogens with one attached hydrogen (secondary N) is 2. The lowest BCUT2D eigenvalue weighted by atomic mass is 10.2. The third-order valence-electron chi connectivity index (χ3n) is 4.07. The van der Waals surface area contributed by atoms with E-state index in [9.17, 15) is 4.79 Å². The van der Waals surface area contributed by atoms with E-state index in [1.54, 1.807) is 19.2 Å². The van der Waals surface area contributed by atoms with Gasteiger partial charge < -0.3 is 20.1 Å². The van der Waals surface area contributed by atoms with Gasteiger partial charge in [-0.05, 0) is 24.5 Å². The van der Waals surface area contributed by atoms with Gasteiger partial charge in [0.1, 0.15) is 5.75 Å². The first-order valence-corrected chi connectivity index (χ1v) is 8.99. The number of benzene rings is 1. The molecule has 2 amide bonds. The predicted octanol–water partition coefficient (Wildman–Crippen LogP) is 3.14. The van der Waals surface area contributed by atoms with Gasteiger partial charge in [-0.3, -0.25) is 4.90 Å². The molecule has 0 spiro atoms. The van der Waals surface area contributed by atoms with E-state index in [4.69, 9.17) is 21.1 Å². The molecule has 6 nitrogen and oxygen atoms in total. The third kappa shape index (κ3) is 6.06. The van der Waals surface area contributed by atoms with Crippen LogP contribution < -0.4 is 15.4 Å². The van der Waals surface area contributed by atoms with Crippen molar-refractivity contribution < 1.29 is 14.3 Å². The standard InChI is InChI=1S/C18H28ClN3O3/c1-12(2)10-22-5-6-25-14(11-22)9-20-18(23)21-16-7-13(3)15(19)8-17(16)24-4/h7-8,12,14H,5-6,9-11H2,1-4H3,(H2,20,21,23). The van der Waals surface area contributed by atoms with Gasteiger partial charge in [-0.15, -0.1) is 0 Å². The number of amides is 2. The van der Waals surface area contributed by atoms with Crippen molar-refractivity contribution in [3.8, 4) is 5.75 Å². The molecule has 0 aromatic heterocycles. The number of anilines is 1. The lowest BCUT2D eigenvalue weighted by molar-refractivity contribution is -0.0288. The summed E-state index contributed by atoms with van der Waals surface area (Å²) >= 11 is 6.08. The molecule has 1 unspecified atom stereocenters. The molecule has 2 rings (SSSR count). The zero-order valence-electron chi connectivity index (χ0n) is 15.4. The molecule has 1 aromatic rings. The van der Waals surface area contributed by atoms with E-state index in [-0.39, 0.29) is 12.1 Å². The Morgan fingerprint density at radius 2 is 2.24 bits per heavy atom. The second-order valence-corrected chi connectivity index (χ2v) is 7.19. The summed E-state index contributed by atoms with van der Waals surface area (Å²) in [6.45, 7) is 10.3. The maximum atomic E-state index is 12.2. The van der Waals surface area contributed by atoms with Gasteiger partial charge in [0.05, 0.1) is 25.5 Å². The maximum Gasteiger partial charge on any atom is 0.319 e. The van der Waals surface area contributed by atoms with Crippen LogP contribution in [-0.4, -0.2) is 56.9 Å². The van der Waals surface area contributed by atoms with Crippen LogP contribution in [0.2, 0.25) is 5.02 Å². The molecule has 1 aliphatic heterocycles. The average Bonchev–Trinajstić information content (AvgIpc) is 2.56. The first kappa shape index (κ1) is 19.8. The summed E-state index contributed by atoms with van der Waals surface area (Å²) in [4.78, 5) is 14.6. The molecule has 7 heteroatoms. The van der Waals surface area contributed by atoms with Gasteiger partial charge in [0, 0.05) is 37.3 Å². The predicted molar refractivity (Wildman–Crippen MR) is 101 cm³/mol. The van der Waals surface area contributed by atoms with Crippen LogP contribution in [0.15, 0.2) is 12.1 Å². The summed E-state index contributed by atoms with van der Waals surface area (Å²) in [5, 5.41) is 6.28. The normalized spacial score (nSPS) is 18.2. The lowest BCUT2D eigenvalue weighted by Gasteiger charge is -2.33. The Morgan fingerprint density at radius 1 is 1.48 bits per heavy atom. The van der Waals surface area contributed by atoms with Crippen molar-refractivity contribution >= 4 is 23.3 Å². The number of urea groups is 1. The van der Waals surface area contributed by atoms with Gasteiger partial charge in [-0.25, -0.2) is 4.79 Å². The van der Waals surface area contributed by atoms with Crippen molar-refractivity contribution in [2.45, 2.75) is 26.9 Å². The molecule has 25 heavy (non-hydrogen) atoms.